The molecule has 1 N–H and O–H groups in total. The largest absolute Gasteiger partial charge is 0.283 e. The summed E-state index contributed by atoms with van der Waals surface area (Å²) in [5.74, 6) is 0.949. The predicted molar refractivity (Wildman–Crippen MR) is 37.5 cm³/mol. The molecule has 0 unspecified atom stereocenters. The molecule has 0 saturated heterocycles. The summed E-state index contributed by atoms with van der Waals surface area (Å²) >= 11 is 0. The van der Waals surface area contributed by atoms with Crippen LogP contribution in [0.2, 0.25) is 0 Å². The van der Waals surface area contributed by atoms with Gasteiger partial charge in [0, 0.05) is 6.08 Å². The van der Waals surface area contributed by atoms with Gasteiger partial charge in [-0.3, -0.25) is 0 Å². The lowest BCUT2D eigenvalue weighted by Gasteiger charge is -2.17. The van der Waals surface area contributed by atoms with E-state index < -0.39 is 10.2 Å². The second-order valence-corrected chi connectivity index (χ2v) is 2.77. The highest BCUT2D eigenvalue weighted by molar-refractivity contribution is 5.32. The van der Waals surface area contributed by atoms with Gasteiger partial charge in [-0.05, 0) is 0 Å². The maximum Gasteiger partial charge on any atom is 0.283 e. The van der Waals surface area contributed by atoms with Gasteiger partial charge in [0.15, 0.2) is 0 Å². The number of imidazole rings is 1. The highest BCUT2D eigenvalue weighted by atomic mass is 35.7. The van der Waals surface area contributed by atoms with Crippen LogP contribution in [0.25, 0.3) is 12.3 Å². The van der Waals surface area contributed by atoms with Crippen LogP contribution in [0.1, 0.15) is 5.82 Å². The maximum absolute atomic E-state index is 8.49. The highest BCUT2D eigenvalue weighted by Crippen LogP contribution is 1.85. The van der Waals surface area contributed by atoms with Crippen molar-refractivity contribution in [2.24, 2.45) is 0 Å². The predicted octanol–water partition coefficient (Wildman–Crippen LogP) is -3.71. The third kappa shape index (κ3) is 6.35. The van der Waals surface area contributed by atoms with E-state index in [9.17, 15) is 0 Å². The molecular formula is C7H9ClN2O4. The van der Waals surface area contributed by atoms with E-state index in [1.165, 1.54) is 0 Å². The van der Waals surface area contributed by atoms with Crippen molar-refractivity contribution in [2.75, 3.05) is 0 Å². The minimum Gasteiger partial charge on any atom is -0.243 e. The zero-order valence-corrected chi connectivity index (χ0v) is 7.94. The monoisotopic (exact) mass is 220 g/mol. The van der Waals surface area contributed by atoms with Gasteiger partial charge in [-0.1, -0.05) is 13.2 Å². The van der Waals surface area contributed by atoms with E-state index in [2.05, 4.69) is 18.1 Å². The van der Waals surface area contributed by atoms with Crippen LogP contribution in [0.3, 0.4) is 0 Å². The Labute approximate surface area is 82.8 Å². The molecule has 1 rings (SSSR count). The average molecular weight is 221 g/mol. The van der Waals surface area contributed by atoms with Crippen LogP contribution in [0, 0.1) is 10.2 Å². The number of nitrogens with zero attached hydrogens (tertiary/aromatic N) is 1. The lowest BCUT2D eigenvalue weighted by molar-refractivity contribution is -2.00. The van der Waals surface area contributed by atoms with Crippen molar-refractivity contribution >= 4 is 12.3 Å². The van der Waals surface area contributed by atoms with E-state index in [1.807, 2.05) is 17.0 Å². The third-order valence-corrected chi connectivity index (χ3v) is 1.13. The van der Waals surface area contributed by atoms with Gasteiger partial charge in [0.2, 0.25) is 0 Å². The fraction of sp³-hybridized carbons (Fsp3) is 0. The van der Waals surface area contributed by atoms with Crippen LogP contribution in [0.15, 0.2) is 25.6 Å². The van der Waals surface area contributed by atoms with Gasteiger partial charge >= 0.3 is 0 Å². The standard InChI is InChI=1S/C7H8N2.ClHO4/c1-3-7-8-5-6-9(7)4-2;2-1(3,4)5/h3-6H,1-2H2;(H,2,3,4,5). The molecule has 7 heteroatoms. The summed E-state index contributed by atoms with van der Waals surface area (Å²) in [6, 6.07) is 0. The molecule has 0 aliphatic rings. The first-order valence-corrected chi connectivity index (χ1v) is 4.57. The molecular weight excluding hydrogens is 212 g/mol. The molecule has 0 bridgehead atoms. The summed E-state index contributed by atoms with van der Waals surface area (Å²) in [5, 5.41) is 0. The fourth-order valence-electron chi connectivity index (χ4n) is 0.681. The molecule has 14 heavy (non-hydrogen) atoms. The number of H-pyrrole nitrogens is 1. The Morgan fingerprint density at radius 2 is 1.79 bits per heavy atom. The highest BCUT2D eigenvalue weighted by Gasteiger charge is 1.99. The Bertz CT molecular complexity index is 276. The molecule has 0 aliphatic carbocycles. The minimum absolute atomic E-state index is 0.949. The summed E-state index contributed by atoms with van der Waals surface area (Å²) in [5.41, 5.74) is 0. The minimum atomic E-state index is -4.94. The number of nitrogens with one attached hydrogen (secondary N) is 1. The summed E-state index contributed by atoms with van der Waals surface area (Å²) in [6.07, 6.45) is 7.16. The van der Waals surface area contributed by atoms with Gasteiger partial charge in [0.05, 0.1) is 6.20 Å². The molecule has 0 saturated carbocycles. The van der Waals surface area contributed by atoms with Crippen LogP contribution in [0.5, 0.6) is 0 Å². The number of halogens is 1. The number of hydrogen-bond donors (Lipinski definition) is 1. The van der Waals surface area contributed by atoms with E-state index in [-0.39, 0.29) is 0 Å². The van der Waals surface area contributed by atoms with Crippen LogP contribution in [-0.2, 0) is 0 Å². The molecule has 1 aromatic rings. The van der Waals surface area contributed by atoms with E-state index in [1.54, 1.807) is 12.3 Å². The van der Waals surface area contributed by atoms with Crippen molar-refractivity contribution in [3.8, 4) is 0 Å². The SMILES string of the molecule is C=Cc1[nH]cc[n+]1C=C.[O-][Cl+3]([O-])([O-])[O-]. The maximum atomic E-state index is 8.49. The van der Waals surface area contributed by atoms with Crippen LogP contribution >= 0.6 is 0 Å². The summed E-state index contributed by atoms with van der Waals surface area (Å²) in [7, 11) is -4.94. The first-order chi connectivity index (χ1) is 6.38. The van der Waals surface area contributed by atoms with Gasteiger partial charge < -0.3 is 0 Å². The van der Waals surface area contributed by atoms with E-state index in [4.69, 9.17) is 18.6 Å². The smallest absolute Gasteiger partial charge is 0.243 e. The molecule has 78 valence electrons. The first-order valence-electron chi connectivity index (χ1n) is 3.33. The topological polar surface area (TPSA) is 112 Å². The quantitative estimate of drug-likeness (QED) is 0.517. The summed E-state index contributed by atoms with van der Waals surface area (Å²) in [4.78, 5) is 2.98. The third-order valence-electron chi connectivity index (χ3n) is 1.13. The lowest BCUT2D eigenvalue weighted by atomic mass is 10.6. The van der Waals surface area contributed by atoms with Crippen molar-refractivity contribution in [3.05, 3.63) is 31.4 Å². The Morgan fingerprint density at radius 1 is 1.29 bits per heavy atom. The second kappa shape index (κ2) is 5.53. The molecule has 0 atom stereocenters. The van der Waals surface area contributed by atoms with Crippen molar-refractivity contribution in [1.82, 2.24) is 4.98 Å². The van der Waals surface area contributed by atoms with Crippen LogP contribution in [-0.4, -0.2) is 4.98 Å². The molecule has 0 spiro atoms. The van der Waals surface area contributed by atoms with Crippen molar-refractivity contribution in [3.63, 3.8) is 0 Å². The molecule has 0 aliphatic heterocycles. The number of aromatic amines is 1. The van der Waals surface area contributed by atoms with E-state index in [0.29, 0.717) is 0 Å². The Morgan fingerprint density at radius 3 is 2.07 bits per heavy atom. The fourth-order valence-corrected chi connectivity index (χ4v) is 0.681. The molecule has 6 nitrogen and oxygen atoms in total. The summed E-state index contributed by atoms with van der Waals surface area (Å²) < 4.78 is 35.8. The van der Waals surface area contributed by atoms with Crippen molar-refractivity contribution in [2.45, 2.75) is 0 Å². The molecule has 0 radical (unpaired) electrons. The zero-order chi connectivity index (χ0) is 11.2. The van der Waals surface area contributed by atoms with Gasteiger partial charge in [0.25, 0.3) is 5.82 Å². The van der Waals surface area contributed by atoms with Gasteiger partial charge in [0.1, 0.15) is 12.4 Å². The van der Waals surface area contributed by atoms with Crippen molar-refractivity contribution in [1.29, 1.82) is 0 Å². The first kappa shape index (κ1) is 12.8. The molecule has 1 heterocycles. The van der Waals surface area contributed by atoms with E-state index in [0.717, 1.165) is 5.82 Å². The number of aromatic nitrogens is 2. The van der Waals surface area contributed by atoms with Crippen LogP contribution in [0.4, 0.5) is 0 Å². The lowest BCUT2D eigenvalue weighted by Crippen LogP contribution is -2.68. The Kier molecular flexibility index (Phi) is 5.06. The average Bonchev–Trinajstić information content (AvgIpc) is 2.47. The van der Waals surface area contributed by atoms with Gasteiger partial charge in [-0.15, -0.1) is 10.2 Å². The summed E-state index contributed by atoms with van der Waals surface area (Å²) in [6.45, 7) is 7.22. The molecule has 1 aromatic heterocycles. The number of hydrogen-bond acceptors (Lipinski definition) is 4. The molecule has 0 fully saturated rings. The number of rotatable bonds is 2. The molecule has 0 aromatic carbocycles. The Hall–Kier alpha value is -1.18. The molecule has 0 amide bonds. The normalized spacial score (nSPS) is 10.0. The second-order valence-electron chi connectivity index (χ2n) is 2.02. The van der Waals surface area contributed by atoms with E-state index >= 15 is 0 Å². The Balaban J connectivity index is 0.000000292. The van der Waals surface area contributed by atoms with Gasteiger partial charge in [-0.2, -0.15) is 0 Å². The van der Waals surface area contributed by atoms with Crippen molar-refractivity contribution < 1.29 is 33.4 Å². The zero-order valence-electron chi connectivity index (χ0n) is 7.18. The van der Waals surface area contributed by atoms with Crippen LogP contribution < -0.4 is 23.2 Å². The van der Waals surface area contributed by atoms with Gasteiger partial charge in [-0.25, -0.2) is 28.2 Å².